The molecule has 152 valence electrons. The highest BCUT2D eigenvalue weighted by atomic mass is 16.5. The lowest BCUT2D eigenvalue weighted by Gasteiger charge is -2.11. The molecular formula is C23H22N4O3. The molecule has 30 heavy (non-hydrogen) atoms. The van der Waals surface area contributed by atoms with E-state index in [0.717, 1.165) is 22.3 Å². The summed E-state index contributed by atoms with van der Waals surface area (Å²) in [4.78, 5) is 16.7. The number of rotatable bonds is 6. The van der Waals surface area contributed by atoms with Gasteiger partial charge in [0.15, 0.2) is 11.5 Å². The first-order valence-electron chi connectivity index (χ1n) is 9.44. The van der Waals surface area contributed by atoms with Crippen molar-refractivity contribution < 1.29 is 14.6 Å². The molecule has 0 fully saturated rings. The fourth-order valence-electron chi connectivity index (χ4n) is 3.36. The Balaban J connectivity index is 1.56. The number of fused-ring (bicyclic) bond motifs is 1. The van der Waals surface area contributed by atoms with E-state index in [1.807, 2.05) is 48.3 Å². The molecule has 7 heteroatoms. The van der Waals surface area contributed by atoms with E-state index in [1.165, 1.54) is 13.2 Å². The highest BCUT2D eigenvalue weighted by Gasteiger charge is 2.10. The Bertz CT molecular complexity index is 1240. The number of imidazole rings is 1. The molecule has 4 rings (SSSR count). The molecule has 2 aromatic heterocycles. The number of aryl methyl sites for hydroxylation is 1. The van der Waals surface area contributed by atoms with Crippen molar-refractivity contribution in [3.05, 3.63) is 78.5 Å². The van der Waals surface area contributed by atoms with Gasteiger partial charge in [0, 0.05) is 30.9 Å². The summed E-state index contributed by atoms with van der Waals surface area (Å²) in [6.45, 7) is 0.647. The van der Waals surface area contributed by atoms with Gasteiger partial charge in [-0.05, 0) is 35.9 Å². The summed E-state index contributed by atoms with van der Waals surface area (Å²) in [6, 6.07) is 12.8. The maximum absolute atomic E-state index is 12.5. The van der Waals surface area contributed by atoms with Crippen molar-refractivity contribution in [2.45, 2.75) is 6.54 Å². The molecule has 0 aliphatic carbocycles. The van der Waals surface area contributed by atoms with Gasteiger partial charge in [-0.2, -0.15) is 0 Å². The first-order valence-corrected chi connectivity index (χ1v) is 9.44. The summed E-state index contributed by atoms with van der Waals surface area (Å²) in [5, 5.41) is 13.9. The third kappa shape index (κ3) is 3.91. The van der Waals surface area contributed by atoms with Gasteiger partial charge in [0.2, 0.25) is 5.91 Å². The topological polar surface area (TPSA) is 81.3 Å². The molecule has 4 aromatic rings. The minimum Gasteiger partial charge on any atom is -0.504 e. The number of aromatic hydroxyl groups is 1. The lowest BCUT2D eigenvalue weighted by molar-refractivity contribution is -0.111. The summed E-state index contributed by atoms with van der Waals surface area (Å²) in [7, 11) is 3.45. The van der Waals surface area contributed by atoms with Crippen molar-refractivity contribution in [3.63, 3.8) is 0 Å². The standard InChI is InChI=1S/C23H22N4O3/c1-26-15-24-13-18(26)14-27-11-10-17-4-3-5-19(23(17)27)25-22(29)9-7-16-6-8-21(30-2)20(28)12-16/h3-13,15,28H,14H2,1-2H3,(H,25,29). The van der Waals surface area contributed by atoms with Gasteiger partial charge in [-0.15, -0.1) is 0 Å². The zero-order valence-electron chi connectivity index (χ0n) is 16.7. The normalized spacial score (nSPS) is 11.3. The lowest BCUT2D eigenvalue weighted by atomic mass is 10.2. The predicted molar refractivity (Wildman–Crippen MR) is 117 cm³/mol. The number of hydrogen-bond acceptors (Lipinski definition) is 4. The van der Waals surface area contributed by atoms with Crippen molar-refractivity contribution >= 4 is 28.6 Å². The number of carbonyl (C=O) groups is 1. The average molecular weight is 402 g/mol. The van der Waals surface area contributed by atoms with Crippen LogP contribution in [0.25, 0.3) is 17.0 Å². The summed E-state index contributed by atoms with van der Waals surface area (Å²) in [5.41, 5.74) is 3.43. The summed E-state index contributed by atoms with van der Waals surface area (Å²) >= 11 is 0. The molecule has 0 saturated heterocycles. The molecule has 7 nitrogen and oxygen atoms in total. The fourth-order valence-corrected chi connectivity index (χ4v) is 3.36. The average Bonchev–Trinajstić information content (AvgIpc) is 3.34. The number of para-hydroxylation sites is 1. The van der Waals surface area contributed by atoms with E-state index >= 15 is 0 Å². The van der Waals surface area contributed by atoms with Gasteiger partial charge in [-0.1, -0.05) is 18.2 Å². The molecule has 0 bridgehead atoms. The van der Waals surface area contributed by atoms with E-state index < -0.39 is 0 Å². The molecule has 0 saturated carbocycles. The molecule has 1 amide bonds. The second kappa shape index (κ2) is 8.16. The highest BCUT2D eigenvalue weighted by Crippen LogP contribution is 2.27. The van der Waals surface area contributed by atoms with Gasteiger partial charge < -0.3 is 24.3 Å². The number of aromatic nitrogens is 3. The Hall–Kier alpha value is -4.00. The number of phenols is 1. The number of phenolic OH excluding ortho intramolecular Hbond substituents is 1. The molecule has 0 aliphatic rings. The summed E-state index contributed by atoms with van der Waals surface area (Å²) in [5.74, 6) is 0.154. The van der Waals surface area contributed by atoms with Crippen molar-refractivity contribution in [3.8, 4) is 11.5 Å². The Labute approximate surface area is 173 Å². The predicted octanol–water partition coefficient (Wildman–Crippen LogP) is 3.79. The van der Waals surface area contributed by atoms with Crippen molar-refractivity contribution in [2.75, 3.05) is 12.4 Å². The molecule has 0 radical (unpaired) electrons. The van der Waals surface area contributed by atoms with Crippen LogP contribution >= 0.6 is 0 Å². The van der Waals surface area contributed by atoms with Crippen LogP contribution in [0, 0.1) is 0 Å². The van der Waals surface area contributed by atoms with Crippen LogP contribution in [0.1, 0.15) is 11.3 Å². The molecule has 2 heterocycles. The molecule has 0 atom stereocenters. The second-order valence-corrected chi connectivity index (χ2v) is 6.94. The van der Waals surface area contributed by atoms with Crippen LogP contribution in [0.15, 0.2) is 67.3 Å². The van der Waals surface area contributed by atoms with Crippen LogP contribution in [0.2, 0.25) is 0 Å². The van der Waals surface area contributed by atoms with E-state index in [-0.39, 0.29) is 11.7 Å². The number of nitrogens with one attached hydrogen (secondary N) is 1. The lowest BCUT2D eigenvalue weighted by Crippen LogP contribution is -2.10. The SMILES string of the molecule is COc1ccc(C=CC(=O)Nc2cccc3ccn(Cc4cncn4C)c23)cc1O. The number of methoxy groups -OCH3 is 1. The molecule has 2 N–H and O–H groups in total. The second-order valence-electron chi connectivity index (χ2n) is 6.94. The van der Waals surface area contributed by atoms with E-state index in [0.29, 0.717) is 17.9 Å². The van der Waals surface area contributed by atoms with Crippen molar-refractivity contribution in [1.29, 1.82) is 0 Å². The number of ether oxygens (including phenoxy) is 1. The molecular weight excluding hydrogens is 380 g/mol. The monoisotopic (exact) mass is 402 g/mol. The number of hydrogen-bond donors (Lipinski definition) is 2. The minimum absolute atomic E-state index is 0.0258. The van der Waals surface area contributed by atoms with E-state index in [9.17, 15) is 9.90 Å². The van der Waals surface area contributed by atoms with E-state index in [4.69, 9.17) is 4.74 Å². The summed E-state index contributed by atoms with van der Waals surface area (Å²) < 4.78 is 9.10. The Morgan fingerprint density at radius 2 is 2.13 bits per heavy atom. The number of carbonyl (C=O) groups excluding carboxylic acids is 1. The van der Waals surface area contributed by atoms with Crippen LogP contribution in [0.4, 0.5) is 5.69 Å². The van der Waals surface area contributed by atoms with Gasteiger partial charge in [-0.25, -0.2) is 4.98 Å². The van der Waals surface area contributed by atoms with E-state index in [2.05, 4.69) is 14.9 Å². The van der Waals surface area contributed by atoms with Gasteiger partial charge in [0.05, 0.1) is 36.9 Å². The number of nitrogens with zero attached hydrogens (tertiary/aromatic N) is 3. The molecule has 0 unspecified atom stereocenters. The smallest absolute Gasteiger partial charge is 0.248 e. The number of amides is 1. The van der Waals surface area contributed by atoms with Gasteiger partial charge in [-0.3, -0.25) is 4.79 Å². The Morgan fingerprint density at radius 1 is 1.27 bits per heavy atom. The number of benzene rings is 2. The van der Waals surface area contributed by atoms with Crippen LogP contribution in [0.3, 0.4) is 0 Å². The molecule has 0 aliphatic heterocycles. The Morgan fingerprint density at radius 3 is 2.87 bits per heavy atom. The third-order valence-corrected chi connectivity index (χ3v) is 4.93. The van der Waals surface area contributed by atoms with E-state index in [1.54, 1.807) is 30.6 Å². The van der Waals surface area contributed by atoms with Crippen LogP contribution in [-0.2, 0) is 18.4 Å². The van der Waals surface area contributed by atoms with Crippen molar-refractivity contribution in [2.24, 2.45) is 7.05 Å². The summed E-state index contributed by atoms with van der Waals surface area (Å²) in [6.07, 6.45) is 8.69. The number of anilines is 1. The molecule has 0 spiro atoms. The quantitative estimate of drug-likeness (QED) is 0.481. The Kier molecular flexibility index (Phi) is 5.26. The third-order valence-electron chi connectivity index (χ3n) is 4.93. The minimum atomic E-state index is -0.258. The van der Waals surface area contributed by atoms with Crippen LogP contribution < -0.4 is 10.1 Å². The fraction of sp³-hybridized carbons (Fsp3) is 0.130. The molecule has 2 aromatic carbocycles. The maximum Gasteiger partial charge on any atom is 0.248 e. The maximum atomic E-state index is 12.5. The highest BCUT2D eigenvalue weighted by molar-refractivity contribution is 6.06. The van der Waals surface area contributed by atoms with Crippen molar-refractivity contribution in [1.82, 2.24) is 14.1 Å². The van der Waals surface area contributed by atoms with Gasteiger partial charge in [0.1, 0.15) is 0 Å². The zero-order chi connectivity index (χ0) is 21.1. The van der Waals surface area contributed by atoms with Crippen LogP contribution in [0.5, 0.6) is 11.5 Å². The largest absolute Gasteiger partial charge is 0.504 e. The first kappa shape index (κ1) is 19.3. The first-order chi connectivity index (χ1) is 14.5. The van der Waals surface area contributed by atoms with Gasteiger partial charge in [0.25, 0.3) is 0 Å². The zero-order valence-corrected chi connectivity index (χ0v) is 16.7. The van der Waals surface area contributed by atoms with Crippen LogP contribution in [-0.4, -0.2) is 32.2 Å². The van der Waals surface area contributed by atoms with Gasteiger partial charge >= 0.3 is 0 Å².